The minimum Gasteiger partial charge on any atom is -0.456 e. The van der Waals surface area contributed by atoms with E-state index in [1.165, 1.54) is 0 Å². The van der Waals surface area contributed by atoms with Crippen LogP contribution in [-0.4, -0.2) is 17.4 Å². The Labute approximate surface area is 106 Å². The van der Waals surface area contributed by atoms with Gasteiger partial charge in [0.25, 0.3) is 5.79 Å². The molecule has 98 valence electrons. The van der Waals surface area contributed by atoms with Crippen LogP contribution in [0.2, 0.25) is 0 Å². The summed E-state index contributed by atoms with van der Waals surface area (Å²) in [5.41, 5.74) is 13.0. The summed E-state index contributed by atoms with van der Waals surface area (Å²) in [5.74, 6) is -2.02. The molecule has 0 spiro atoms. The lowest BCUT2D eigenvalue weighted by molar-refractivity contribution is -0.159. The van der Waals surface area contributed by atoms with E-state index in [1.807, 2.05) is 0 Å². The molecule has 0 aromatic heterocycles. The molecule has 0 amide bonds. The first-order valence-electron chi connectivity index (χ1n) is 5.68. The van der Waals surface area contributed by atoms with Gasteiger partial charge in [-0.3, -0.25) is 5.73 Å². The molecule has 1 heterocycles. The highest BCUT2D eigenvalue weighted by Crippen LogP contribution is 2.34. The van der Waals surface area contributed by atoms with Crippen LogP contribution >= 0.6 is 0 Å². The van der Waals surface area contributed by atoms with Crippen molar-refractivity contribution in [1.82, 2.24) is 0 Å². The zero-order chi connectivity index (χ0) is 13.6. The Morgan fingerprint density at radius 1 is 1.28 bits per heavy atom. The molecule has 6 nitrogen and oxygen atoms in total. The van der Waals surface area contributed by atoms with Crippen molar-refractivity contribution in [2.75, 3.05) is 16.4 Å². The number of benzene rings is 1. The number of fused-ring (bicyclic) bond motifs is 1. The smallest absolute Gasteiger partial charge is 0.369 e. The Hall–Kier alpha value is -1.95. The maximum Gasteiger partial charge on any atom is 0.369 e. The van der Waals surface area contributed by atoms with Crippen LogP contribution in [0.15, 0.2) is 18.2 Å². The second kappa shape index (κ2) is 3.78. The van der Waals surface area contributed by atoms with E-state index < -0.39 is 17.4 Å². The molecule has 1 aliphatic rings. The summed E-state index contributed by atoms with van der Waals surface area (Å²) < 4.78 is 5.27. The maximum absolute atomic E-state index is 12.0. The number of hydrogen-bond acceptors (Lipinski definition) is 6. The van der Waals surface area contributed by atoms with Gasteiger partial charge < -0.3 is 21.1 Å². The van der Waals surface area contributed by atoms with Gasteiger partial charge in [0.15, 0.2) is 0 Å². The number of hydrogen-bond donors (Lipinski definition) is 4. The lowest BCUT2D eigenvalue weighted by Crippen LogP contribution is -2.60. The summed E-state index contributed by atoms with van der Waals surface area (Å²) in [5, 5.41) is 5.78. The molecular weight excluding hydrogens is 232 g/mol. The van der Waals surface area contributed by atoms with Crippen molar-refractivity contribution in [1.29, 1.82) is 0 Å². The van der Waals surface area contributed by atoms with Crippen LogP contribution in [0.4, 0.5) is 17.1 Å². The molecule has 0 saturated heterocycles. The summed E-state index contributed by atoms with van der Waals surface area (Å²) >= 11 is 0. The Kier molecular flexibility index (Phi) is 2.62. The number of esters is 1. The van der Waals surface area contributed by atoms with Crippen molar-refractivity contribution >= 4 is 23.0 Å². The van der Waals surface area contributed by atoms with Crippen molar-refractivity contribution < 1.29 is 9.53 Å². The van der Waals surface area contributed by atoms with Crippen LogP contribution in [0.3, 0.4) is 0 Å². The third kappa shape index (κ3) is 2.33. The predicted molar refractivity (Wildman–Crippen MR) is 70.9 cm³/mol. The fourth-order valence-electron chi connectivity index (χ4n) is 1.69. The van der Waals surface area contributed by atoms with Crippen molar-refractivity contribution in [2.45, 2.75) is 32.2 Å². The molecule has 0 saturated carbocycles. The summed E-state index contributed by atoms with van der Waals surface area (Å²) in [6, 6.07) is 5.20. The summed E-state index contributed by atoms with van der Waals surface area (Å²) in [4.78, 5) is 12.0. The third-order valence-electron chi connectivity index (χ3n) is 2.43. The molecule has 0 aliphatic carbocycles. The zero-order valence-corrected chi connectivity index (χ0v) is 10.7. The van der Waals surface area contributed by atoms with E-state index in [0.717, 1.165) is 5.69 Å². The Bertz CT molecular complexity index is 495. The fraction of sp³-hybridized carbons (Fsp3) is 0.417. The number of nitrogens with one attached hydrogen (secondary N) is 2. The van der Waals surface area contributed by atoms with Gasteiger partial charge in [0.2, 0.25) is 0 Å². The first kappa shape index (κ1) is 12.5. The van der Waals surface area contributed by atoms with Crippen LogP contribution in [-0.2, 0) is 9.53 Å². The first-order valence-corrected chi connectivity index (χ1v) is 5.68. The molecule has 0 radical (unpaired) electrons. The van der Waals surface area contributed by atoms with Gasteiger partial charge in [-0.1, -0.05) is 0 Å². The van der Waals surface area contributed by atoms with Crippen molar-refractivity contribution in [2.24, 2.45) is 5.73 Å². The van der Waals surface area contributed by atoms with Gasteiger partial charge in [0.05, 0.1) is 11.4 Å². The second-order valence-corrected chi connectivity index (χ2v) is 5.36. The molecule has 0 fully saturated rings. The van der Waals surface area contributed by atoms with E-state index in [4.69, 9.17) is 16.2 Å². The van der Waals surface area contributed by atoms with Crippen LogP contribution in [0, 0.1) is 0 Å². The standard InChI is InChI=1S/C12H18N4O2/c1-11(2,3)18-10(17)12(14)15-8-5-4-7(13)6-9(8)16-12/h4-6,15-16H,13-14H2,1-3H3. The monoisotopic (exact) mass is 250 g/mol. The molecule has 1 atom stereocenters. The lowest BCUT2D eigenvalue weighted by Gasteiger charge is -2.28. The lowest BCUT2D eigenvalue weighted by atomic mass is 10.2. The predicted octanol–water partition coefficient (Wildman–Crippen LogP) is 1.06. The van der Waals surface area contributed by atoms with E-state index in [1.54, 1.807) is 39.0 Å². The maximum atomic E-state index is 12.0. The number of carbonyl (C=O) groups excluding carboxylic acids is 1. The quantitative estimate of drug-likeness (QED) is 0.439. The third-order valence-corrected chi connectivity index (χ3v) is 2.43. The van der Waals surface area contributed by atoms with E-state index in [2.05, 4.69) is 10.6 Å². The highest BCUT2D eigenvalue weighted by Gasteiger charge is 2.43. The van der Waals surface area contributed by atoms with E-state index >= 15 is 0 Å². The van der Waals surface area contributed by atoms with Crippen LogP contribution in [0.25, 0.3) is 0 Å². The van der Waals surface area contributed by atoms with Gasteiger partial charge in [-0.05, 0) is 39.0 Å². The highest BCUT2D eigenvalue weighted by atomic mass is 16.6. The molecule has 2 rings (SSSR count). The normalized spacial score (nSPS) is 21.8. The van der Waals surface area contributed by atoms with Crippen molar-refractivity contribution in [3.05, 3.63) is 18.2 Å². The first-order chi connectivity index (χ1) is 8.20. The van der Waals surface area contributed by atoms with Gasteiger partial charge in [0, 0.05) is 5.69 Å². The average Bonchev–Trinajstić information content (AvgIpc) is 2.52. The molecule has 1 aromatic carbocycles. The topological polar surface area (TPSA) is 102 Å². The van der Waals surface area contributed by atoms with Gasteiger partial charge in [0.1, 0.15) is 5.60 Å². The highest BCUT2D eigenvalue weighted by molar-refractivity contribution is 5.94. The summed E-state index contributed by atoms with van der Waals surface area (Å²) in [6.45, 7) is 5.36. The molecule has 6 heteroatoms. The Morgan fingerprint density at radius 2 is 1.89 bits per heavy atom. The van der Waals surface area contributed by atoms with E-state index in [-0.39, 0.29) is 0 Å². The minimum atomic E-state index is -1.45. The van der Waals surface area contributed by atoms with E-state index in [9.17, 15) is 4.79 Å². The largest absolute Gasteiger partial charge is 0.456 e. The minimum absolute atomic E-state index is 0.565. The molecule has 1 aromatic rings. The fourth-order valence-corrected chi connectivity index (χ4v) is 1.69. The Balaban J connectivity index is 2.20. The average molecular weight is 250 g/mol. The van der Waals surface area contributed by atoms with Crippen molar-refractivity contribution in [3.8, 4) is 0 Å². The van der Waals surface area contributed by atoms with Crippen LogP contribution in [0.1, 0.15) is 20.8 Å². The SMILES string of the molecule is CC(C)(C)OC(=O)C1(N)Nc2ccc(N)cc2N1. The van der Waals surface area contributed by atoms with E-state index in [0.29, 0.717) is 11.4 Å². The van der Waals surface area contributed by atoms with Gasteiger partial charge in [-0.25, -0.2) is 4.79 Å². The van der Waals surface area contributed by atoms with Crippen LogP contribution in [0.5, 0.6) is 0 Å². The van der Waals surface area contributed by atoms with Gasteiger partial charge in [-0.2, -0.15) is 0 Å². The van der Waals surface area contributed by atoms with Crippen molar-refractivity contribution in [3.63, 3.8) is 0 Å². The van der Waals surface area contributed by atoms with Gasteiger partial charge >= 0.3 is 5.97 Å². The number of carbonyl (C=O) groups is 1. The molecule has 18 heavy (non-hydrogen) atoms. The molecule has 0 bridgehead atoms. The number of rotatable bonds is 1. The number of nitrogens with two attached hydrogens (primary N) is 2. The summed E-state index contributed by atoms with van der Waals surface area (Å²) in [6.07, 6.45) is 0. The number of anilines is 3. The number of nitrogen functional groups attached to an aromatic ring is 1. The molecule has 6 N–H and O–H groups in total. The second-order valence-electron chi connectivity index (χ2n) is 5.36. The Morgan fingerprint density at radius 3 is 2.50 bits per heavy atom. The molecule has 1 aliphatic heterocycles. The summed E-state index contributed by atoms with van der Waals surface area (Å²) in [7, 11) is 0. The molecular formula is C12H18N4O2. The number of ether oxygens (including phenoxy) is 1. The van der Waals surface area contributed by atoms with Gasteiger partial charge in [-0.15, -0.1) is 0 Å². The van der Waals surface area contributed by atoms with Crippen LogP contribution < -0.4 is 22.1 Å². The zero-order valence-electron chi connectivity index (χ0n) is 10.7. The molecule has 1 unspecified atom stereocenters.